The Labute approximate surface area is 181 Å². The zero-order valence-corrected chi connectivity index (χ0v) is 19.0. The van der Waals surface area contributed by atoms with Crippen LogP contribution >= 0.6 is 0 Å². The van der Waals surface area contributed by atoms with Gasteiger partial charge < -0.3 is 4.81 Å². The minimum Gasteiger partial charge on any atom is -0.377 e. The van der Waals surface area contributed by atoms with E-state index >= 15 is 0 Å². The molecular formula is C28H30BN. The number of nitrogens with zero attached hydrogens (tertiary/aromatic N) is 1. The van der Waals surface area contributed by atoms with Crippen molar-refractivity contribution < 1.29 is 0 Å². The van der Waals surface area contributed by atoms with Gasteiger partial charge in [-0.05, 0) is 105 Å². The topological polar surface area (TPSA) is 3.24 Å². The van der Waals surface area contributed by atoms with Gasteiger partial charge >= 0.3 is 6.85 Å². The summed E-state index contributed by atoms with van der Waals surface area (Å²) in [5.74, 6) is 2.31. The molecule has 0 radical (unpaired) electrons. The van der Waals surface area contributed by atoms with Gasteiger partial charge in [0.25, 0.3) is 0 Å². The number of hydrogen-bond donors (Lipinski definition) is 0. The van der Waals surface area contributed by atoms with Crippen LogP contribution in [0, 0.1) is 41.5 Å². The van der Waals surface area contributed by atoms with E-state index in [4.69, 9.17) is 0 Å². The highest BCUT2D eigenvalue weighted by Crippen LogP contribution is 2.32. The Balaban J connectivity index is 1.88. The van der Waals surface area contributed by atoms with Crippen LogP contribution in [0.2, 0.25) is 0 Å². The molecule has 30 heavy (non-hydrogen) atoms. The third-order valence-electron chi connectivity index (χ3n) is 6.53. The lowest BCUT2D eigenvalue weighted by Gasteiger charge is -2.35. The van der Waals surface area contributed by atoms with Gasteiger partial charge in [0.15, 0.2) is 0 Å². The molecule has 0 aromatic heterocycles. The van der Waals surface area contributed by atoms with E-state index < -0.39 is 0 Å². The first kappa shape index (κ1) is 20.3. The summed E-state index contributed by atoms with van der Waals surface area (Å²) < 4.78 is 0. The smallest absolute Gasteiger partial charge is 0.320 e. The van der Waals surface area contributed by atoms with Crippen molar-refractivity contribution in [2.24, 2.45) is 0 Å². The Bertz CT molecular complexity index is 1170. The summed E-state index contributed by atoms with van der Waals surface area (Å²) in [5.41, 5.74) is 13.0. The molecule has 0 saturated carbocycles. The van der Waals surface area contributed by atoms with Crippen LogP contribution in [0.5, 0.6) is 0 Å². The molecule has 1 heterocycles. The maximum atomic E-state index is 2.49. The van der Waals surface area contributed by atoms with Gasteiger partial charge in [0, 0.05) is 11.4 Å². The summed E-state index contributed by atoms with van der Waals surface area (Å²) in [6.07, 6.45) is 4.46. The minimum atomic E-state index is 0.160. The minimum absolute atomic E-state index is 0.160. The van der Waals surface area contributed by atoms with Crippen LogP contribution in [0.15, 0.2) is 72.7 Å². The van der Waals surface area contributed by atoms with E-state index in [0.717, 1.165) is 0 Å². The van der Waals surface area contributed by atoms with Gasteiger partial charge in [-0.2, -0.15) is 0 Å². The number of benzene rings is 3. The van der Waals surface area contributed by atoms with Crippen molar-refractivity contribution in [3.63, 3.8) is 0 Å². The molecule has 4 rings (SSSR count). The lowest BCUT2D eigenvalue weighted by molar-refractivity contribution is 1.28. The third kappa shape index (κ3) is 3.75. The summed E-state index contributed by atoms with van der Waals surface area (Å²) in [4.78, 5) is 2.49. The maximum Gasteiger partial charge on any atom is 0.320 e. The summed E-state index contributed by atoms with van der Waals surface area (Å²) in [5, 5.41) is 0. The molecule has 0 spiro atoms. The lowest BCUT2D eigenvalue weighted by atomic mass is 9.52. The summed E-state index contributed by atoms with van der Waals surface area (Å²) in [6.45, 7) is 13.3. The first-order chi connectivity index (χ1) is 14.3. The molecule has 0 amide bonds. The van der Waals surface area contributed by atoms with E-state index in [-0.39, 0.29) is 6.85 Å². The second kappa shape index (κ2) is 8.03. The number of aryl methyl sites for hydroxylation is 6. The molecule has 0 unspecified atom stereocenters. The van der Waals surface area contributed by atoms with E-state index in [2.05, 4.69) is 119 Å². The van der Waals surface area contributed by atoms with Crippen molar-refractivity contribution in [3.05, 3.63) is 112 Å². The molecule has 1 nitrogen and oxygen atoms in total. The molecule has 2 heteroatoms. The Morgan fingerprint density at radius 3 is 1.83 bits per heavy atom. The molecule has 0 atom stereocenters. The molecule has 1 aliphatic heterocycles. The van der Waals surface area contributed by atoms with E-state index in [1.165, 1.54) is 55.8 Å². The number of hydrogen-bond acceptors (Lipinski definition) is 1. The van der Waals surface area contributed by atoms with Crippen LogP contribution in [-0.2, 0) is 0 Å². The van der Waals surface area contributed by atoms with Gasteiger partial charge in [0.05, 0.1) is 0 Å². The van der Waals surface area contributed by atoms with E-state index in [1.807, 2.05) is 0 Å². The zero-order valence-electron chi connectivity index (χ0n) is 19.0. The molecule has 3 aromatic rings. The number of anilines is 1. The molecule has 0 fully saturated rings. The molecule has 150 valence electrons. The third-order valence-corrected chi connectivity index (χ3v) is 6.53. The molecule has 0 aliphatic carbocycles. The van der Waals surface area contributed by atoms with Gasteiger partial charge in [-0.25, -0.2) is 0 Å². The highest BCUT2D eigenvalue weighted by atomic mass is 15.1. The predicted octanol–water partition coefficient (Wildman–Crippen LogP) is 6.39. The van der Waals surface area contributed by atoms with Crippen molar-refractivity contribution >= 4 is 23.7 Å². The summed E-state index contributed by atoms with van der Waals surface area (Å²) in [7, 11) is 0. The Hall–Kier alpha value is -3.00. The van der Waals surface area contributed by atoms with Crippen molar-refractivity contribution in [3.8, 4) is 0 Å². The molecule has 3 aromatic carbocycles. The second-order valence-electron chi connectivity index (χ2n) is 8.66. The average molecular weight is 391 g/mol. The van der Waals surface area contributed by atoms with Gasteiger partial charge in [0.2, 0.25) is 0 Å². The van der Waals surface area contributed by atoms with E-state index in [1.54, 1.807) is 0 Å². The van der Waals surface area contributed by atoms with Gasteiger partial charge in [-0.1, -0.05) is 53.9 Å². The SMILES string of the molecule is Cc1ccc(B2C=CC=C(c3ccc(C)c(C)c3)N2c2ccc(C)c(C)c2)cc1C. The maximum absolute atomic E-state index is 2.49. The fraction of sp³-hybridized carbons (Fsp3) is 0.214. The van der Waals surface area contributed by atoms with Crippen LogP contribution < -0.4 is 10.3 Å². The standard InChI is InChI=1S/C28H30BN/c1-19-9-12-25(16-22(19)4)28-8-7-15-29(26-13-10-20(2)23(5)17-26)30(28)27-14-11-21(3)24(6)18-27/h7-18H,1-6H3. The molecule has 0 bridgehead atoms. The summed E-state index contributed by atoms with van der Waals surface area (Å²) in [6, 6.07) is 20.4. The Morgan fingerprint density at radius 1 is 0.600 bits per heavy atom. The largest absolute Gasteiger partial charge is 0.377 e. The van der Waals surface area contributed by atoms with Gasteiger partial charge in [-0.3, -0.25) is 0 Å². The van der Waals surface area contributed by atoms with Gasteiger partial charge in [-0.15, -0.1) is 0 Å². The highest BCUT2D eigenvalue weighted by Gasteiger charge is 2.29. The lowest BCUT2D eigenvalue weighted by Crippen LogP contribution is -2.47. The fourth-order valence-corrected chi connectivity index (χ4v) is 4.09. The average Bonchev–Trinajstić information content (AvgIpc) is 2.73. The molecule has 0 N–H and O–H groups in total. The highest BCUT2D eigenvalue weighted by molar-refractivity contribution is 6.83. The molecule has 1 aliphatic rings. The first-order valence-corrected chi connectivity index (χ1v) is 10.7. The first-order valence-electron chi connectivity index (χ1n) is 10.7. The number of allylic oxidation sites excluding steroid dienone is 2. The van der Waals surface area contributed by atoms with Crippen molar-refractivity contribution in [2.75, 3.05) is 4.81 Å². The Morgan fingerprint density at radius 2 is 1.20 bits per heavy atom. The predicted molar refractivity (Wildman–Crippen MR) is 133 cm³/mol. The van der Waals surface area contributed by atoms with Crippen LogP contribution in [0.4, 0.5) is 5.69 Å². The van der Waals surface area contributed by atoms with Crippen LogP contribution in [-0.4, -0.2) is 6.85 Å². The van der Waals surface area contributed by atoms with Crippen LogP contribution in [0.25, 0.3) is 5.70 Å². The fourth-order valence-electron chi connectivity index (χ4n) is 4.09. The monoisotopic (exact) mass is 391 g/mol. The summed E-state index contributed by atoms with van der Waals surface area (Å²) >= 11 is 0. The van der Waals surface area contributed by atoms with Crippen LogP contribution in [0.3, 0.4) is 0 Å². The van der Waals surface area contributed by atoms with Crippen LogP contribution in [0.1, 0.15) is 38.9 Å². The normalized spacial score (nSPS) is 13.6. The van der Waals surface area contributed by atoms with E-state index in [9.17, 15) is 0 Å². The molecule has 0 saturated heterocycles. The number of rotatable bonds is 3. The van der Waals surface area contributed by atoms with Crippen molar-refractivity contribution in [1.29, 1.82) is 0 Å². The molecular weight excluding hydrogens is 361 g/mol. The van der Waals surface area contributed by atoms with Crippen molar-refractivity contribution in [1.82, 2.24) is 0 Å². The zero-order chi connectivity index (χ0) is 21.4. The Kier molecular flexibility index (Phi) is 5.43. The second-order valence-corrected chi connectivity index (χ2v) is 8.66. The van der Waals surface area contributed by atoms with Gasteiger partial charge in [0.1, 0.15) is 0 Å². The quantitative estimate of drug-likeness (QED) is 0.468. The van der Waals surface area contributed by atoms with Crippen molar-refractivity contribution in [2.45, 2.75) is 41.5 Å². The van der Waals surface area contributed by atoms with E-state index in [0.29, 0.717) is 0 Å².